The normalized spacial score (nSPS) is 16.4. The van der Waals surface area contributed by atoms with Crippen molar-refractivity contribution in [3.63, 3.8) is 0 Å². The van der Waals surface area contributed by atoms with Gasteiger partial charge in [0.15, 0.2) is 11.5 Å². The van der Waals surface area contributed by atoms with Crippen molar-refractivity contribution in [3.8, 4) is 5.75 Å². The number of nitrogens with one attached hydrogen (secondary N) is 1. The van der Waals surface area contributed by atoms with Crippen LogP contribution in [-0.4, -0.2) is 39.2 Å². The average Bonchev–Trinajstić information content (AvgIpc) is 2.90. The average molecular weight is 333 g/mol. The van der Waals surface area contributed by atoms with Gasteiger partial charge in [0, 0.05) is 6.07 Å². The second kappa shape index (κ2) is 5.39. The molecule has 0 radical (unpaired) electrons. The van der Waals surface area contributed by atoms with E-state index in [1.807, 2.05) is 0 Å². The Kier molecular flexibility index (Phi) is 3.52. The van der Waals surface area contributed by atoms with Crippen LogP contribution in [-0.2, 0) is 14.8 Å². The Hall–Kier alpha value is -2.88. The number of carbonyl (C=O) groups excluding carboxylic acids is 1. The molecule has 0 spiro atoms. The van der Waals surface area contributed by atoms with E-state index >= 15 is 0 Å². The maximum atomic E-state index is 11.6. The molecular weight excluding hydrogens is 322 g/mol. The van der Waals surface area contributed by atoms with Crippen molar-refractivity contribution in [2.75, 3.05) is 18.1 Å². The van der Waals surface area contributed by atoms with Crippen molar-refractivity contribution in [3.05, 3.63) is 35.7 Å². The number of carbonyl (C=O) groups is 1. The summed E-state index contributed by atoms with van der Waals surface area (Å²) in [5, 5.41) is 6.94. The van der Waals surface area contributed by atoms with Gasteiger partial charge in [-0.15, -0.1) is 5.11 Å². The highest BCUT2D eigenvalue weighted by molar-refractivity contribution is 7.92. The fourth-order valence-corrected chi connectivity index (χ4v) is 2.62. The fourth-order valence-electron chi connectivity index (χ4n) is 2.06. The predicted octanol–water partition coefficient (Wildman–Crippen LogP) is 1.10. The molecule has 118 valence electrons. The van der Waals surface area contributed by atoms with E-state index in [4.69, 9.17) is 4.74 Å². The Morgan fingerprint density at radius 1 is 1.22 bits per heavy atom. The van der Waals surface area contributed by atoms with E-state index in [1.165, 1.54) is 19.4 Å². The summed E-state index contributed by atoms with van der Waals surface area (Å²) in [6.45, 7) is 0. The summed E-state index contributed by atoms with van der Waals surface area (Å²) in [6.07, 6.45) is 2.40. The molecular formula is C13H11N5O4S. The molecule has 10 heteroatoms. The molecule has 3 rings (SSSR count). The molecule has 0 aliphatic carbocycles. The summed E-state index contributed by atoms with van der Waals surface area (Å²) >= 11 is 0. The first kappa shape index (κ1) is 15.0. The lowest BCUT2D eigenvalue weighted by Crippen LogP contribution is -2.13. The number of benzene rings is 1. The van der Waals surface area contributed by atoms with Crippen molar-refractivity contribution in [2.24, 2.45) is 20.2 Å². The van der Waals surface area contributed by atoms with E-state index in [9.17, 15) is 13.2 Å². The molecule has 1 aromatic rings. The van der Waals surface area contributed by atoms with E-state index in [-0.39, 0.29) is 11.5 Å². The lowest BCUT2D eigenvalue weighted by Gasteiger charge is -2.10. The number of hydrogen-bond acceptors (Lipinski definition) is 7. The van der Waals surface area contributed by atoms with Gasteiger partial charge in [-0.25, -0.2) is 18.4 Å². The minimum absolute atomic E-state index is 0.121. The van der Waals surface area contributed by atoms with Crippen LogP contribution in [0.2, 0.25) is 0 Å². The minimum Gasteiger partial charge on any atom is -0.496 e. The Bertz CT molecular complexity index is 928. The zero-order valence-electron chi connectivity index (χ0n) is 12.1. The molecule has 23 heavy (non-hydrogen) atoms. The predicted molar refractivity (Wildman–Crippen MR) is 83.4 cm³/mol. The number of amidine groups is 1. The molecule has 9 nitrogen and oxygen atoms in total. The maximum Gasteiger partial charge on any atom is 0.316 e. The standard InChI is InChI=1S/C13H11N5O4S/c1-22-10-5-7(18-23(2,20)21)3-4-8(10)12-15-9-6-14-17-13(19)11(9)16-12/h3-6,18H,1-2H3. The third kappa shape index (κ3) is 3.01. The SMILES string of the molecule is COc1cc(NS(C)(=O)=O)ccc1C1=NC2=CN=NC(=O)C2=N1. The van der Waals surface area contributed by atoms with Crippen LogP contribution in [0, 0.1) is 0 Å². The fraction of sp³-hybridized carbons (Fsp3) is 0.154. The third-order valence-electron chi connectivity index (χ3n) is 2.96. The van der Waals surface area contributed by atoms with Crippen LogP contribution in [0.15, 0.2) is 50.3 Å². The van der Waals surface area contributed by atoms with Crippen LogP contribution in [0.1, 0.15) is 5.56 Å². The van der Waals surface area contributed by atoms with Crippen molar-refractivity contribution < 1.29 is 17.9 Å². The van der Waals surface area contributed by atoms with Gasteiger partial charge in [0.05, 0.1) is 30.8 Å². The quantitative estimate of drug-likeness (QED) is 0.886. The van der Waals surface area contributed by atoms with Crippen LogP contribution in [0.3, 0.4) is 0 Å². The van der Waals surface area contributed by atoms with E-state index < -0.39 is 15.9 Å². The molecule has 1 N–H and O–H groups in total. The van der Waals surface area contributed by atoms with Gasteiger partial charge < -0.3 is 4.74 Å². The van der Waals surface area contributed by atoms with Crippen molar-refractivity contribution in [1.82, 2.24) is 0 Å². The second-order valence-electron chi connectivity index (χ2n) is 4.72. The largest absolute Gasteiger partial charge is 0.496 e. The van der Waals surface area contributed by atoms with Crippen LogP contribution in [0.4, 0.5) is 5.69 Å². The molecule has 0 saturated heterocycles. The number of fused-ring (bicyclic) bond motifs is 1. The van der Waals surface area contributed by atoms with Crippen LogP contribution in [0.5, 0.6) is 5.75 Å². The number of ether oxygens (including phenoxy) is 1. The number of nitrogens with zero attached hydrogens (tertiary/aromatic N) is 4. The van der Waals surface area contributed by atoms with Crippen LogP contribution in [0.25, 0.3) is 0 Å². The highest BCUT2D eigenvalue weighted by Crippen LogP contribution is 2.28. The maximum absolute atomic E-state index is 11.6. The first-order chi connectivity index (χ1) is 10.9. The molecule has 0 saturated carbocycles. The first-order valence-corrected chi connectivity index (χ1v) is 8.26. The molecule has 0 unspecified atom stereocenters. The van der Waals surface area contributed by atoms with Gasteiger partial charge in [-0.05, 0) is 12.1 Å². The summed E-state index contributed by atoms with van der Waals surface area (Å²) < 4.78 is 30.2. The van der Waals surface area contributed by atoms with Gasteiger partial charge >= 0.3 is 5.91 Å². The van der Waals surface area contributed by atoms with Gasteiger partial charge in [-0.2, -0.15) is 5.11 Å². The molecule has 0 atom stereocenters. The van der Waals surface area contributed by atoms with Gasteiger partial charge in [0.2, 0.25) is 10.0 Å². The van der Waals surface area contributed by atoms with Gasteiger partial charge in [-0.1, -0.05) is 0 Å². The molecule has 1 amide bonds. The Balaban J connectivity index is 2.00. The van der Waals surface area contributed by atoms with E-state index in [0.29, 0.717) is 22.7 Å². The summed E-state index contributed by atoms with van der Waals surface area (Å²) in [4.78, 5) is 20.0. The summed E-state index contributed by atoms with van der Waals surface area (Å²) in [5.41, 5.74) is 1.31. The van der Waals surface area contributed by atoms with Crippen LogP contribution < -0.4 is 9.46 Å². The summed E-state index contributed by atoms with van der Waals surface area (Å²) in [7, 11) is -1.96. The number of rotatable bonds is 4. The molecule has 0 fully saturated rings. The highest BCUT2D eigenvalue weighted by atomic mass is 32.2. The number of hydrogen-bond donors (Lipinski definition) is 1. The summed E-state index contributed by atoms with van der Waals surface area (Å²) in [5.74, 6) is 0.0764. The van der Waals surface area contributed by atoms with Crippen LogP contribution >= 0.6 is 0 Å². The smallest absolute Gasteiger partial charge is 0.316 e. The molecule has 1 aromatic carbocycles. The number of anilines is 1. The Labute approximate surface area is 131 Å². The van der Waals surface area contributed by atoms with E-state index in [0.717, 1.165) is 6.26 Å². The van der Waals surface area contributed by atoms with Crippen molar-refractivity contribution in [1.29, 1.82) is 0 Å². The molecule has 2 aliphatic rings. The zero-order chi connectivity index (χ0) is 16.6. The lowest BCUT2D eigenvalue weighted by atomic mass is 10.1. The van der Waals surface area contributed by atoms with E-state index in [1.54, 1.807) is 12.1 Å². The minimum atomic E-state index is -3.40. The van der Waals surface area contributed by atoms with Gasteiger partial charge in [0.1, 0.15) is 11.4 Å². The molecule has 2 heterocycles. The number of methoxy groups -OCH3 is 1. The zero-order valence-corrected chi connectivity index (χ0v) is 13.0. The molecule has 0 aromatic heterocycles. The van der Waals surface area contributed by atoms with Gasteiger partial charge in [-0.3, -0.25) is 9.52 Å². The third-order valence-corrected chi connectivity index (χ3v) is 3.57. The van der Waals surface area contributed by atoms with Gasteiger partial charge in [0.25, 0.3) is 0 Å². The highest BCUT2D eigenvalue weighted by Gasteiger charge is 2.27. The Morgan fingerprint density at radius 2 is 2.00 bits per heavy atom. The lowest BCUT2D eigenvalue weighted by molar-refractivity contribution is -0.112. The topological polar surface area (TPSA) is 122 Å². The van der Waals surface area contributed by atoms with Crippen molar-refractivity contribution in [2.45, 2.75) is 0 Å². The first-order valence-electron chi connectivity index (χ1n) is 6.37. The monoisotopic (exact) mass is 333 g/mol. The molecule has 2 aliphatic heterocycles. The summed E-state index contributed by atoms with van der Waals surface area (Å²) in [6, 6.07) is 4.66. The Morgan fingerprint density at radius 3 is 2.65 bits per heavy atom. The number of sulfonamides is 1. The number of amides is 1. The van der Waals surface area contributed by atoms with E-state index in [2.05, 4.69) is 24.9 Å². The second-order valence-corrected chi connectivity index (χ2v) is 6.47. The number of azo groups is 1. The molecule has 0 bridgehead atoms. The number of aliphatic imine (C=N–C) groups is 2. The van der Waals surface area contributed by atoms with Crippen molar-refractivity contribution >= 4 is 33.2 Å².